The molecule has 0 aliphatic carbocycles. The van der Waals surface area contributed by atoms with Crippen molar-refractivity contribution in [3.63, 3.8) is 0 Å². The van der Waals surface area contributed by atoms with Gasteiger partial charge in [0.2, 0.25) is 0 Å². The second-order valence-corrected chi connectivity index (χ2v) is 8.13. The molecule has 4 rings (SSSR count). The van der Waals surface area contributed by atoms with Crippen LogP contribution in [0.4, 0.5) is 5.69 Å². The van der Waals surface area contributed by atoms with Crippen LogP contribution >= 0.6 is 0 Å². The molecule has 1 atom stereocenters. The summed E-state index contributed by atoms with van der Waals surface area (Å²) in [6.07, 6.45) is 4.73. The molecule has 2 aliphatic rings. The van der Waals surface area contributed by atoms with Crippen LogP contribution in [0.25, 0.3) is 0 Å². The monoisotopic (exact) mass is 392 g/mol. The third-order valence-corrected chi connectivity index (χ3v) is 6.22. The number of unbranched alkanes of at least 4 members (excludes halogenated alkanes) is 2. The SMILES string of the molecule is CCOC(=O)CCCCCN1CCN2c3ccccc3Cc3ccccc3[C@H]2C1. The molecule has 0 N–H and O–H groups in total. The zero-order valence-electron chi connectivity index (χ0n) is 17.5. The fourth-order valence-corrected chi connectivity index (χ4v) is 4.78. The predicted octanol–water partition coefficient (Wildman–Crippen LogP) is 4.58. The van der Waals surface area contributed by atoms with Gasteiger partial charge in [-0.15, -0.1) is 0 Å². The van der Waals surface area contributed by atoms with Crippen LogP contribution in [0.2, 0.25) is 0 Å². The molecule has 2 heterocycles. The van der Waals surface area contributed by atoms with Gasteiger partial charge in [-0.1, -0.05) is 48.9 Å². The zero-order chi connectivity index (χ0) is 20.1. The summed E-state index contributed by atoms with van der Waals surface area (Å²) >= 11 is 0. The average molecular weight is 393 g/mol. The van der Waals surface area contributed by atoms with Crippen LogP contribution in [0, 0.1) is 0 Å². The summed E-state index contributed by atoms with van der Waals surface area (Å²) in [5.74, 6) is -0.0603. The van der Waals surface area contributed by atoms with Crippen LogP contribution < -0.4 is 4.90 Å². The van der Waals surface area contributed by atoms with Gasteiger partial charge in [-0.2, -0.15) is 0 Å². The standard InChI is InChI=1S/C25H32N2O2/c1-2-29-25(28)14-4-3-9-15-26-16-17-27-23-13-8-6-11-21(23)18-20-10-5-7-12-22(20)24(27)19-26/h5-8,10-13,24H,2-4,9,14-19H2,1H3/t24-/m1/s1. The molecule has 0 saturated carbocycles. The minimum atomic E-state index is -0.0603. The Hall–Kier alpha value is -2.33. The molecule has 154 valence electrons. The molecule has 2 aliphatic heterocycles. The molecular formula is C25H32N2O2. The maximum absolute atomic E-state index is 11.5. The van der Waals surface area contributed by atoms with Crippen LogP contribution in [-0.4, -0.2) is 43.7 Å². The molecule has 1 saturated heterocycles. The number of carbonyl (C=O) groups is 1. The van der Waals surface area contributed by atoms with E-state index in [1.165, 1.54) is 22.4 Å². The van der Waals surface area contributed by atoms with Crippen molar-refractivity contribution < 1.29 is 9.53 Å². The first kappa shape index (κ1) is 20.0. The van der Waals surface area contributed by atoms with Crippen molar-refractivity contribution in [2.75, 3.05) is 37.7 Å². The first-order valence-electron chi connectivity index (χ1n) is 11.1. The smallest absolute Gasteiger partial charge is 0.305 e. The van der Waals surface area contributed by atoms with Crippen molar-refractivity contribution in [3.05, 3.63) is 65.2 Å². The third kappa shape index (κ3) is 4.64. The van der Waals surface area contributed by atoms with Gasteiger partial charge in [-0.05, 0) is 55.5 Å². The lowest BCUT2D eigenvalue weighted by atomic mass is 9.96. The van der Waals surface area contributed by atoms with E-state index in [2.05, 4.69) is 58.3 Å². The Balaban J connectivity index is 1.40. The lowest BCUT2D eigenvalue weighted by Crippen LogP contribution is -2.48. The number of carbonyl (C=O) groups excluding carboxylic acids is 1. The Kier molecular flexibility index (Phi) is 6.50. The quantitative estimate of drug-likeness (QED) is 0.510. The minimum absolute atomic E-state index is 0.0603. The number of ether oxygens (including phenoxy) is 1. The van der Waals surface area contributed by atoms with Gasteiger partial charge in [0, 0.05) is 31.7 Å². The summed E-state index contributed by atoms with van der Waals surface area (Å²) in [4.78, 5) is 16.7. The number of piperazine rings is 1. The molecule has 0 spiro atoms. The van der Waals surface area contributed by atoms with Crippen LogP contribution in [0.3, 0.4) is 0 Å². The van der Waals surface area contributed by atoms with Gasteiger partial charge in [-0.3, -0.25) is 9.69 Å². The van der Waals surface area contributed by atoms with E-state index in [0.29, 0.717) is 19.1 Å². The fourth-order valence-electron chi connectivity index (χ4n) is 4.78. The van der Waals surface area contributed by atoms with E-state index < -0.39 is 0 Å². The van der Waals surface area contributed by atoms with Crippen molar-refractivity contribution in [3.8, 4) is 0 Å². The van der Waals surface area contributed by atoms with Crippen LogP contribution in [0.1, 0.15) is 55.3 Å². The van der Waals surface area contributed by atoms with E-state index in [9.17, 15) is 4.79 Å². The van der Waals surface area contributed by atoms with Crippen molar-refractivity contribution in [2.24, 2.45) is 0 Å². The average Bonchev–Trinajstić information content (AvgIpc) is 2.88. The molecule has 0 amide bonds. The van der Waals surface area contributed by atoms with Gasteiger partial charge in [0.05, 0.1) is 12.6 Å². The highest BCUT2D eigenvalue weighted by atomic mass is 16.5. The molecule has 2 aromatic rings. The number of fused-ring (bicyclic) bond motifs is 5. The Morgan fingerprint density at radius 1 is 1.00 bits per heavy atom. The third-order valence-electron chi connectivity index (χ3n) is 6.22. The van der Waals surface area contributed by atoms with Crippen LogP contribution in [0.15, 0.2) is 48.5 Å². The molecule has 4 heteroatoms. The van der Waals surface area contributed by atoms with E-state index >= 15 is 0 Å². The highest BCUT2D eigenvalue weighted by Gasteiger charge is 2.32. The Bertz CT molecular complexity index is 835. The van der Waals surface area contributed by atoms with Crippen LogP contribution in [0.5, 0.6) is 0 Å². The summed E-state index contributed by atoms with van der Waals surface area (Å²) in [7, 11) is 0. The molecule has 2 aromatic carbocycles. The molecule has 1 fully saturated rings. The molecule has 0 unspecified atom stereocenters. The number of esters is 1. The van der Waals surface area contributed by atoms with Gasteiger partial charge in [0.25, 0.3) is 0 Å². The van der Waals surface area contributed by atoms with Crippen molar-refractivity contribution in [2.45, 2.75) is 45.1 Å². The van der Waals surface area contributed by atoms with Gasteiger partial charge in [-0.25, -0.2) is 0 Å². The molecular weight excluding hydrogens is 360 g/mol. The van der Waals surface area contributed by atoms with E-state index in [0.717, 1.165) is 51.9 Å². The molecule has 0 radical (unpaired) electrons. The largest absolute Gasteiger partial charge is 0.466 e. The van der Waals surface area contributed by atoms with Crippen molar-refractivity contribution in [1.29, 1.82) is 0 Å². The van der Waals surface area contributed by atoms with Gasteiger partial charge in [0.15, 0.2) is 0 Å². The molecule has 0 bridgehead atoms. The second-order valence-electron chi connectivity index (χ2n) is 8.13. The lowest BCUT2D eigenvalue weighted by molar-refractivity contribution is -0.143. The summed E-state index contributed by atoms with van der Waals surface area (Å²) < 4.78 is 5.02. The first-order chi connectivity index (χ1) is 14.3. The molecule has 29 heavy (non-hydrogen) atoms. The summed E-state index contributed by atoms with van der Waals surface area (Å²) in [5, 5.41) is 0. The highest BCUT2D eigenvalue weighted by Crippen LogP contribution is 2.39. The summed E-state index contributed by atoms with van der Waals surface area (Å²) in [5.41, 5.74) is 5.79. The highest BCUT2D eigenvalue weighted by molar-refractivity contribution is 5.69. The number of hydrogen-bond donors (Lipinski definition) is 0. The van der Waals surface area contributed by atoms with Gasteiger partial charge >= 0.3 is 5.97 Å². The number of nitrogens with zero attached hydrogens (tertiary/aromatic N) is 2. The van der Waals surface area contributed by atoms with E-state index in [1.54, 1.807) is 0 Å². The number of benzene rings is 2. The van der Waals surface area contributed by atoms with Crippen LogP contribution in [-0.2, 0) is 16.0 Å². The molecule has 4 nitrogen and oxygen atoms in total. The maximum atomic E-state index is 11.5. The maximum Gasteiger partial charge on any atom is 0.305 e. The predicted molar refractivity (Wildman–Crippen MR) is 117 cm³/mol. The van der Waals surface area contributed by atoms with Gasteiger partial charge in [0.1, 0.15) is 0 Å². The Labute approximate surface area is 174 Å². The number of hydrogen-bond acceptors (Lipinski definition) is 4. The van der Waals surface area contributed by atoms with E-state index in [4.69, 9.17) is 4.74 Å². The number of anilines is 1. The summed E-state index contributed by atoms with van der Waals surface area (Å²) in [6.45, 7) is 6.70. The number of para-hydroxylation sites is 1. The minimum Gasteiger partial charge on any atom is -0.466 e. The second kappa shape index (κ2) is 9.45. The first-order valence-corrected chi connectivity index (χ1v) is 11.1. The van der Waals surface area contributed by atoms with Crippen molar-refractivity contribution >= 4 is 11.7 Å². The lowest BCUT2D eigenvalue weighted by Gasteiger charge is -2.43. The Morgan fingerprint density at radius 2 is 1.79 bits per heavy atom. The topological polar surface area (TPSA) is 32.8 Å². The normalized spacial score (nSPS) is 18.4. The fraction of sp³-hybridized carbons (Fsp3) is 0.480. The molecule has 0 aromatic heterocycles. The number of rotatable bonds is 7. The Morgan fingerprint density at radius 3 is 2.66 bits per heavy atom. The van der Waals surface area contributed by atoms with E-state index in [1.807, 2.05) is 6.92 Å². The van der Waals surface area contributed by atoms with E-state index in [-0.39, 0.29) is 5.97 Å². The summed E-state index contributed by atoms with van der Waals surface area (Å²) in [6, 6.07) is 18.3. The van der Waals surface area contributed by atoms with Crippen molar-refractivity contribution in [1.82, 2.24) is 4.90 Å². The van der Waals surface area contributed by atoms with Gasteiger partial charge < -0.3 is 9.64 Å². The zero-order valence-corrected chi connectivity index (χ0v) is 17.5.